The molecule has 50 heavy (non-hydrogen) atoms. The largest absolute Gasteiger partial charge is 0.455 e. The maximum atomic E-state index is 9.36. The minimum atomic E-state index is 0.0998. The molecule has 0 radical (unpaired) electrons. The lowest BCUT2D eigenvalue weighted by Gasteiger charge is -2.10. The predicted octanol–water partition coefficient (Wildman–Crippen LogP) is 11.0. The Morgan fingerprint density at radius 1 is 0.560 bits per heavy atom. The van der Waals surface area contributed by atoms with Gasteiger partial charge in [-0.25, -0.2) is 15.0 Å². The van der Waals surface area contributed by atoms with Crippen LogP contribution in [0.5, 0.6) is 0 Å². The highest BCUT2D eigenvalue weighted by molar-refractivity contribution is 6.24. The maximum absolute atomic E-state index is 9.36. The van der Waals surface area contributed by atoms with Gasteiger partial charge in [0.2, 0.25) is 0 Å². The van der Waals surface area contributed by atoms with Gasteiger partial charge in [0.15, 0.2) is 17.4 Å². The zero-order chi connectivity index (χ0) is 33.4. The molecule has 236 valence electrons. The second-order valence-corrected chi connectivity index (χ2v) is 12.0. The highest BCUT2D eigenvalue weighted by Gasteiger charge is 2.21. The lowest BCUT2D eigenvalue weighted by molar-refractivity contribution is 0.605. The normalized spacial score (nSPS) is 11.8. The van der Waals surface area contributed by atoms with E-state index in [2.05, 4.69) is 12.1 Å². The minimum absolute atomic E-state index is 0.0998. The first-order chi connectivity index (χ1) is 24.7. The molecule has 9 aromatic rings. The van der Waals surface area contributed by atoms with Crippen LogP contribution in [-0.4, -0.2) is 21.5 Å². The van der Waals surface area contributed by atoms with Crippen LogP contribution in [-0.2, 0) is 0 Å². The molecular weight excluding hydrogens is 617 g/mol. The summed E-state index contributed by atoms with van der Waals surface area (Å²) in [6, 6.07) is 53.6. The van der Waals surface area contributed by atoms with E-state index in [9.17, 15) is 5.41 Å². The molecule has 3 aromatic heterocycles. The van der Waals surface area contributed by atoms with Crippen LogP contribution in [0.3, 0.4) is 0 Å². The number of rotatable bonds is 6. The van der Waals surface area contributed by atoms with Crippen molar-refractivity contribution in [3.8, 4) is 33.9 Å². The van der Waals surface area contributed by atoms with Crippen molar-refractivity contribution in [2.75, 3.05) is 0 Å². The summed E-state index contributed by atoms with van der Waals surface area (Å²) < 4.78 is 12.9. The third kappa shape index (κ3) is 5.25. The first-order valence-electron chi connectivity index (χ1n) is 16.4. The van der Waals surface area contributed by atoms with Crippen LogP contribution in [0.2, 0.25) is 0 Å². The Labute approximate surface area is 287 Å². The van der Waals surface area contributed by atoms with Gasteiger partial charge >= 0.3 is 0 Å². The van der Waals surface area contributed by atoms with Crippen molar-refractivity contribution >= 4 is 44.5 Å². The summed E-state index contributed by atoms with van der Waals surface area (Å²) in [7, 11) is 0. The standard InChI is InChI=1S/C44H28N4O2/c45-43(48-41(29-16-6-2-7-17-29)39-26-31-20-10-11-24-37(31)49-39)34-23-13-25-38-40(34)33-22-12-21-32(42(33)50-38)36-27-35(28-14-4-1-5-15-28)46-44(47-36)30-18-8-3-9-19-30/h1-27,45H/b45-43?,48-41-. The monoisotopic (exact) mass is 644 g/mol. The van der Waals surface area contributed by atoms with E-state index in [0.717, 1.165) is 55.4 Å². The lowest BCUT2D eigenvalue weighted by atomic mass is 10.0. The number of benzene rings is 6. The van der Waals surface area contributed by atoms with Gasteiger partial charge in [-0.2, -0.15) is 0 Å². The predicted molar refractivity (Wildman–Crippen MR) is 201 cm³/mol. The van der Waals surface area contributed by atoms with E-state index >= 15 is 0 Å². The van der Waals surface area contributed by atoms with Gasteiger partial charge in [0, 0.05) is 44.0 Å². The molecule has 1 N–H and O–H groups in total. The number of para-hydroxylation sites is 2. The zero-order valence-electron chi connectivity index (χ0n) is 26.7. The molecule has 9 rings (SSSR count). The molecule has 0 aliphatic heterocycles. The van der Waals surface area contributed by atoms with Crippen LogP contribution in [0.4, 0.5) is 0 Å². The molecule has 0 saturated carbocycles. The molecule has 0 amide bonds. The fourth-order valence-corrected chi connectivity index (χ4v) is 6.43. The number of furan rings is 2. The topological polar surface area (TPSA) is 88.3 Å². The third-order valence-electron chi connectivity index (χ3n) is 8.81. The summed E-state index contributed by atoms with van der Waals surface area (Å²) >= 11 is 0. The van der Waals surface area contributed by atoms with Gasteiger partial charge in [0.05, 0.1) is 11.4 Å². The molecular formula is C44H28N4O2. The number of hydrogen-bond donors (Lipinski definition) is 1. The van der Waals surface area contributed by atoms with Crippen molar-refractivity contribution in [3.05, 3.63) is 181 Å². The van der Waals surface area contributed by atoms with Crippen LogP contribution >= 0.6 is 0 Å². The van der Waals surface area contributed by atoms with Crippen molar-refractivity contribution in [2.45, 2.75) is 0 Å². The molecule has 0 fully saturated rings. The molecule has 0 aliphatic carbocycles. The Hall–Kier alpha value is -6.92. The minimum Gasteiger partial charge on any atom is -0.455 e. The quantitative estimate of drug-likeness (QED) is 0.144. The molecule has 6 nitrogen and oxygen atoms in total. The number of aliphatic imine (C=N–C) groups is 1. The van der Waals surface area contributed by atoms with E-state index in [0.29, 0.717) is 34.0 Å². The van der Waals surface area contributed by atoms with Gasteiger partial charge in [-0.15, -0.1) is 0 Å². The Balaban J connectivity index is 1.21. The van der Waals surface area contributed by atoms with E-state index in [4.69, 9.17) is 23.8 Å². The van der Waals surface area contributed by atoms with E-state index in [-0.39, 0.29) is 5.84 Å². The Bertz CT molecular complexity index is 2620. The fraction of sp³-hybridized carbons (Fsp3) is 0. The Kier molecular flexibility index (Phi) is 7.17. The average molecular weight is 645 g/mol. The second-order valence-electron chi connectivity index (χ2n) is 12.0. The first-order valence-corrected chi connectivity index (χ1v) is 16.4. The van der Waals surface area contributed by atoms with E-state index in [1.165, 1.54) is 0 Å². The fourth-order valence-electron chi connectivity index (χ4n) is 6.43. The van der Waals surface area contributed by atoms with Crippen LogP contribution in [0, 0.1) is 5.41 Å². The second kappa shape index (κ2) is 12.3. The summed E-state index contributed by atoms with van der Waals surface area (Å²) in [4.78, 5) is 14.9. The van der Waals surface area contributed by atoms with Gasteiger partial charge in [-0.1, -0.05) is 133 Å². The van der Waals surface area contributed by atoms with Crippen molar-refractivity contribution in [3.63, 3.8) is 0 Å². The number of nitrogens with one attached hydrogen (secondary N) is 1. The van der Waals surface area contributed by atoms with Gasteiger partial charge in [0.25, 0.3) is 0 Å². The van der Waals surface area contributed by atoms with Crippen LogP contribution in [0.15, 0.2) is 178 Å². The molecule has 0 bridgehead atoms. The van der Waals surface area contributed by atoms with Crippen LogP contribution in [0.1, 0.15) is 16.9 Å². The summed E-state index contributed by atoms with van der Waals surface area (Å²) in [6.07, 6.45) is 0. The number of fused-ring (bicyclic) bond motifs is 4. The third-order valence-corrected chi connectivity index (χ3v) is 8.81. The number of aromatic nitrogens is 2. The number of hydrogen-bond acceptors (Lipinski definition) is 5. The molecule has 0 atom stereocenters. The highest BCUT2D eigenvalue weighted by atomic mass is 16.3. The van der Waals surface area contributed by atoms with Gasteiger partial charge in [-0.3, -0.25) is 5.41 Å². The van der Waals surface area contributed by atoms with E-state index in [1.54, 1.807) is 0 Å². The lowest BCUT2D eigenvalue weighted by Crippen LogP contribution is -2.07. The molecule has 0 saturated heterocycles. The summed E-state index contributed by atoms with van der Waals surface area (Å²) in [5.74, 6) is 1.33. The molecule has 0 aliphatic rings. The zero-order valence-corrected chi connectivity index (χ0v) is 26.7. The number of nitrogens with zero attached hydrogens (tertiary/aromatic N) is 3. The van der Waals surface area contributed by atoms with Crippen molar-refractivity contribution < 1.29 is 8.83 Å². The van der Waals surface area contributed by atoms with Gasteiger partial charge < -0.3 is 8.83 Å². The summed E-state index contributed by atoms with van der Waals surface area (Å²) in [5, 5.41) is 12.0. The molecule has 6 heteroatoms. The summed E-state index contributed by atoms with van der Waals surface area (Å²) in [5.41, 5.74) is 8.53. The van der Waals surface area contributed by atoms with E-state index in [1.807, 2.05) is 152 Å². The first kappa shape index (κ1) is 29.2. The van der Waals surface area contributed by atoms with Crippen molar-refractivity contribution in [1.82, 2.24) is 9.97 Å². The van der Waals surface area contributed by atoms with Crippen molar-refractivity contribution in [1.29, 1.82) is 5.41 Å². The molecule has 3 heterocycles. The highest BCUT2D eigenvalue weighted by Crippen LogP contribution is 2.38. The maximum Gasteiger partial charge on any atom is 0.160 e. The van der Waals surface area contributed by atoms with E-state index < -0.39 is 0 Å². The van der Waals surface area contributed by atoms with Gasteiger partial charge in [-0.05, 0) is 30.3 Å². The van der Waals surface area contributed by atoms with Crippen molar-refractivity contribution in [2.24, 2.45) is 4.99 Å². The molecule has 0 unspecified atom stereocenters. The Morgan fingerprint density at radius 3 is 2.00 bits per heavy atom. The Morgan fingerprint density at radius 2 is 1.22 bits per heavy atom. The van der Waals surface area contributed by atoms with Crippen LogP contribution < -0.4 is 0 Å². The van der Waals surface area contributed by atoms with Gasteiger partial charge in [0.1, 0.15) is 22.5 Å². The smallest absolute Gasteiger partial charge is 0.160 e. The average Bonchev–Trinajstić information content (AvgIpc) is 3.80. The number of amidine groups is 1. The van der Waals surface area contributed by atoms with Crippen LogP contribution in [0.25, 0.3) is 66.8 Å². The molecule has 6 aromatic carbocycles. The summed E-state index contributed by atoms with van der Waals surface area (Å²) in [6.45, 7) is 0. The SMILES string of the molecule is N=C(/N=C(/c1ccccc1)c1cc2ccccc2o1)c1cccc2oc3c(-c4cc(-c5ccccc5)nc(-c5ccccc5)n4)cccc3c12. The molecule has 0 spiro atoms.